The third-order valence-electron chi connectivity index (χ3n) is 3.56. The zero-order chi connectivity index (χ0) is 17.5. The van der Waals surface area contributed by atoms with Crippen LogP contribution in [0.5, 0.6) is 0 Å². The van der Waals surface area contributed by atoms with Crippen LogP contribution in [0.4, 0.5) is 4.39 Å². The highest BCUT2D eigenvalue weighted by Gasteiger charge is 2.14. The number of ketones is 1. The Morgan fingerprint density at radius 2 is 2.08 bits per heavy atom. The molecular weight excluding hydrogens is 327 g/mol. The van der Waals surface area contributed by atoms with Crippen molar-refractivity contribution in [2.75, 3.05) is 26.4 Å². The van der Waals surface area contributed by atoms with Crippen LogP contribution in [-0.4, -0.2) is 42.1 Å². The number of carbonyl (C=O) groups is 1. The Labute approximate surface area is 146 Å². The lowest BCUT2D eigenvalue weighted by Crippen LogP contribution is -2.14. The van der Waals surface area contributed by atoms with Gasteiger partial charge in [-0.1, -0.05) is 12.1 Å². The van der Waals surface area contributed by atoms with Gasteiger partial charge in [-0.15, -0.1) is 11.8 Å². The second-order valence-electron chi connectivity index (χ2n) is 5.94. The van der Waals surface area contributed by atoms with Crippen LogP contribution in [0.1, 0.15) is 24.3 Å². The van der Waals surface area contributed by atoms with Crippen molar-refractivity contribution in [3.63, 3.8) is 0 Å². The lowest BCUT2D eigenvalue weighted by atomic mass is 10.2. The maximum atomic E-state index is 13.8. The Bertz CT molecular complexity index is 685. The number of halogens is 1. The number of carbonyl (C=O) groups excluding carboxylic acids is 1. The quantitative estimate of drug-likeness (QED) is 0.686. The summed E-state index contributed by atoms with van der Waals surface area (Å²) in [7, 11) is 4.00. The molecule has 0 spiro atoms. The Morgan fingerprint density at radius 3 is 2.79 bits per heavy atom. The van der Waals surface area contributed by atoms with Gasteiger partial charge < -0.3 is 9.32 Å². The molecule has 0 atom stereocenters. The number of Topliss-reactive ketones (excluding diaryl/α,β-unsaturated/α-hetero) is 1. The average Bonchev–Trinajstić information content (AvgIpc) is 2.88. The van der Waals surface area contributed by atoms with Crippen molar-refractivity contribution in [2.45, 2.75) is 25.5 Å². The number of oxazole rings is 1. The normalized spacial score (nSPS) is 11.2. The molecule has 24 heavy (non-hydrogen) atoms. The minimum atomic E-state index is -0.353. The monoisotopic (exact) mass is 350 g/mol. The van der Waals surface area contributed by atoms with Crippen LogP contribution in [0.15, 0.2) is 28.7 Å². The van der Waals surface area contributed by atoms with Crippen LogP contribution in [0, 0.1) is 12.7 Å². The molecule has 2 aromatic rings. The fourth-order valence-corrected chi connectivity index (χ4v) is 3.17. The molecular formula is C18H23FN2O2S. The predicted octanol–water partition coefficient (Wildman–Crippen LogP) is 3.93. The summed E-state index contributed by atoms with van der Waals surface area (Å²) < 4.78 is 19.4. The van der Waals surface area contributed by atoms with Gasteiger partial charge in [0.15, 0.2) is 0 Å². The van der Waals surface area contributed by atoms with Gasteiger partial charge in [0.05, 0.1) is 17.0 Å². The number of aromatic nitrogens is 1. The SMILES string of the molecule is Cc1oc(-c2ccccc2F)nc1CSCC(=O)CCCN(C)C. The molecule has 0 aliphatic heterocycles. The maximum absolute atomic E-state index is 13.8. The molecule has 1 aromatic carbocycles. The van der Waals surface area contributed by atoms with Gasteiger partial charge in [0.1, 0.15) is 17.4 Å². The highest BCUT2D eigenvalue weighted by molar-refractivity contribution is 7.99. The zero-order valence-electron chi connectivity index (χ0n) is 14.3. The molecule has 6 heteroatoms. The first-order chi connectivity index (χ1) is 11.5. The van der Waals surface area contributed by atoms with Crippen LogP contribution < -0.4 is 0 Å². The van der Waals surface area contributed by atoms with E-state index in [0.717, 1.165) is 18.7 Å². The summed E-state index contributed by atoms with van der Waals surface area (Å²) in [6.07, 6.45) is 1.48. The summed E-state index contributed by atoms with van der Waals surface area (Å²) in [4.78, 5) is 18.3. The molecule has 0 bridgehead atoms. The fourth-order valence-electron chi connectivity index (χ4n) is 2.24. The van der Waals surface area contributed by atoms with Crippen LogP contribution in [0.25, 0.3) is 11.5 Å². The molecule has 1 heterocycles. The lowest BCUT2D eigenvalue weighted by Gasteiger charge is -2.07. The van der Waals surface area contributed by atoms with Crippen molar-refractivity contribution < 1.29 is 13.6 Å². The van der Waals surface area contributed by atoms with Gasteiger partial charge in [0, 0.05) is 12.2 Å². The smallest absolute Gasteiger partial charge is 0.229 e. The predicted molar refractivity (Wildman–Crippen MR) is 95.6 cm³/mol. The van der Waals surface area contributed by atoms with E-state index in [-0.39, 0.29) is 11.6 Å². The molecule has 0 N–H and O–H groups in total. The van der Waals surface area contributed by atoms with E-state index in [0.29, 0.717) is 35.1 Å². The summed E-state index contributed by atoms with van der Waals surface area (Å²) in [6, 6.07) is 6.41. The second kappa shape index (κ2) is 8.99. The molecule has 0 saturated carbocycles. The fraction of sp³-hybridized carbons (Fsp3) is 0.444. The largest absolute Gasteiger partial charge is 0.441 e. The number of hydrogen-bond donors (Lipinski definition) is 0. The van der Waals surface area contributed by atoms with E-state index in [4.69, 9.17) is 4.42 Å². The summed E-state index contributed by atoms with van der Waals surface area (Å²) >= 11 is 1.52. The first kappa shape index (κ1) is 18.7. The Balaban J connectivity index is 1.86. The molecule has 130 valence electrons. The number of aryl methyl sites for hydroxylation is 1. The van der Waals surface area contributed by atoms with Gasteiger partial charge in [-0.25, -0.2) is 9.37 Å². The molecule has 0 radical (unpaired) electrons. The van der Waals surface area contributed by atoms with Crippen molar-refractivity contribution in [3.05, 3.63) is 41.5 Å². The van der Waals surface area contributed by atoms with E-state index in [9.17, 15) is 9.18 Å². The van der Waals surface area contributed by atoms with Crippen molar-refractivity contribution >= 4 is 17.5 Å². The van der Waals surface area contributed by atoms with E-state index in [2.05, 4.69) is 9.88 Å². The molecule has 0 amide bonds. The van der Waals surface area contributed by atoms with Crippen LogP contribution in [0.2, 0.25) is 0 Å². The molecule has 0 saturated heterocycles. The van der Waals surface area contributed by atoms with E-state index in [1.807, 2.05) is 21.0 Å². The van der Waals surface area contributed by atoms with Crippen molar-refractivity contribution in [2.24, 2.45) is 0 Å². The second-order valence-corrected chi connectivity index (χ2v) is 6.93. The maximum Gasteiger partial charge on any atom is 0.229 e. The minimum absolute atomic E-state index is 0.248. The van der Waals surface area contributed by atoms with Gasteiger partial charge in [-0.2, -0.15) is 0 Å². The van der Waals surface area contributed by atoms with Gasteiger partial charge in [-0.05, 0) is 46.1 Å². The molecule has 4 nitrogen and oxygen atoms in total. The first-order valence-electron chi connectivity index (χ1n) is 7.92. The first-order valence-corrected chi connectivity index (χ1v) is 9.08. The number of nitrogens with zero attached hydrogens (tertiary/aromatic N) is 2. The number of hydrogen-bond acceptors (Lipinski definition) is 5. The van der Waals surface area contributed by atoms with Gasteiger partial charge in [0.2, 0.25) is 5.89 Å². The topological polar surface area (TPSA) is 46.3 Å². The van der Waals surface area contributed by atoms with Gasteiger partial charge in [0.25, 0.3) is 0 Å². The molecule has 1 aromatic heterocycles. The van der Waals surface area contributed by atoms with Crippen LogP contribution in [0.3, 0.4) is 0 Å². The van der Waals surface area contributed by atoms with E-state index >= 15 is 0 Å². The van der Waals surface area contributed by atoms with E-state index in [1.165, 1.54) is 17.8 Å². The van der Waals surface area contributed by atoms with Crippen molar-refractivity contribution in [1.29, 1.82) is 0 Å². The standard InChI is InChI=1S/C18H23FN2O2S/c1-13-17(12-24-11-14(22)7-6-10-21(2)3)20-18(23-13)15-8-4-5-9-16(15)19/h4-5,8-9H,6-7,10-12H2,1-3H3. The summed E-state index contributed by atoms with van der Waals surface area (Å²) in [5, 5.41) is 0. The molecule has 0 aliphatic carbocycles. The number of thioether (sulfide) groups is 1. The van der Waals surface area contributed by atoms with Crippen LogP contribution in [-0.2, 0) is 10.5 Å². The Morgan fingerprint density at radius 1 is 1.33 bits per heavy atom. The number of rotatable bonds is 9. The third kappa shape index (κ3) is 5.46. The molecule has 0 fully saturated rings. The lowest BCUT2D eigenvalue weighted by molar-refractivity contribution is -0.116. The van der Waals surface area contributed by atoms with Gasteiger partial charge >= 0.3 is 0 Å². The highest BCUT2D eigenvalue weighted by atomic mass is 32.2. The summed E-state index contributed by atoms with van der Waals surface area (Å²) in [6.45, 7) is 2.73. The third-order valence-corrected chi connectivity index (χ3v) is 4.56. The molecule has 0 unspecified atom stereocenters. The van der Waals surface area contributed by atoms with Gasteiger partial charge in [-0.3, -0.25) is 4.79 Å². The Kier molecular flexibility index (Phi) is 6.99. The van der Waals surface area contributed by atoms with Crippen LogP contribution >= 0.6 is 11.8 Å². The molecule has 2 rings (SSSR count). The summed E-state index contributed by atoms with van der Waals surface area (Å²) in [5.74, 6) is 1.91. The minimum Gasteiger partial charge on any atom is -0.441 e. The average molecular weight is 350 g/mol. The van der Waals surface area contributed by atoms with E-state index in [1.54, 1.807) is 18.2 Å². The highest BCUT2D eigenvalue weighted by Crippen LogP contribution is 2.26. The van der Waals surface area contributed by atoms with Crippen molar-refractivity contribution in [3.8, 4) is 11.5 Å². The summed E-state index contributed by atoms with van der Waals surface area (Å²) in [5.41, 5.74) is 1.12. The number of benzene rings is 1. The molecule has 0 aliphatic rings. The Hall–Kier alpha value is -1.66. The zero-order valence-corrected chi connectivity index (χ0v) is 15.2. The van der Waals surface area contributed by atoms with Crippen molar-refractivity contribution in [1.82, 2.24) is 9.88 Å². The van der Waals surface area contributed by atoms with E-state index < -0.39 is 0 Å².